The van der Waals surface area contributed by atoms with Crippen molar-refractivity contribution >= 4 is 40.8 Å². The molecule has 2 N–H and O–H groups in total. The van der Waals surface area contributed by atoms with Crippen LogP contribution in [-0.4, -0.2) is 30.1 Å². The van der Waals surface area contributed by atoms with Crippen molar-refractivity contribution in [2.75, 3.05) is 11.9 Å². The van der Waals surface area contributed by atoms with Gasteiger partial charge in [-0.3, -0.25) is 9.59 Å². The van der Waals surface area contributed by atoms with Crippen LogP contribution >= 0.6 is 11.6 Å². The molecule has 0 saturated heterocycles. The molecule has 2 amide bonds. The molecule has 1 aromatic carbocycles. The number of rotatable bonds is 4. The standard InChI is InChI=1S/C15H16ClN3O4/c1-8-5-9(2)14(10(16)6-8)17-13(21)7-23-15(22)11-3-4-12(20)19-18-11/h5-6H,3-4,7H2,1-2H3,(H,17,21)(H,19,20). The average Bonchev–Trinajstić information content (AvgIpc) is 2.49. The number of aryl methyl sites for hydroxylation is 2. The third-order valence-corrected chi connectivity index (χ3v) is 3.47. The molecule has 23 heavy (non-hydrogen) atoms. The molecular formula is C15H16ClN3O4. The third kappa shape index (κ3) is 4.53. The topological polar surface area (TPSA) is 96.9 Å². The summed E-state index contributed by atoms with van der Waals surface area (Å²) in [6.45, 7) is 3.26. The highest BCUT2D eigenvalue weighted by Crippen LogP contribution is 2.27. The van der Waals surface area contributed by atoms with Crippen LogP contribution in [0.25, 0.3) is 0 Å². The number of anilines is 1. The summed E-state index contributed by atoms with van der Waals surface area (Å²) in [6.07, 6.45) is 0.355. The highest BCUT2D eigenvalue weighted by atomic mass is 35.5. The molecule has 0 aliphatic carbocycles. The lowest BCUT2D eigenvalue weighted by Gasteiger charge is -2.13. The van der Waals surface area contributed by atoms with E-state index in [1.165, 1.54) is 0 Å². The molecule has 0 radical (unpaired) electrons. The molecule has 0 saturated carbocycles. The Morgan fingerprint density at radius 3 is 2.70 bits per heavy atom. The van der Waals surface area contributed by atoms with Crippen LogP contribution < -0.4 is 10.7 Å². The van der Waals surface area contributed by atoms with E-state index in [4.69, 9.17) is 16.3 Å². The number of hydrazone groups is 1. The van der Waals surface area contributed by atoms with Gasteiger partial charge in [-0.25, -0.2) is 10.2 Å². The van der Waals surface area contributed by atoms with Crippen LogP contribution in [0.3, 0.4) is 0 Å². The second-order valence-corrected chi connectivity index (χ2v) is 5.56. The zero-order valence-electron chi connectivity index (χ0n) is 12.7. The molecule has 0 atom stereocenters. The van der Waals surface area contributed by atoms with E-state index < -0.39 is 18.5 Å². The van der Waals surface area contributed by atoms with E-state index in [1.54, 1.807) is 6.07 Å². The number of ether oxygens (including phenoxy) is 1. The molecule has 7 nitrogen and oxygen atoms in total. The van der Waals surface area contributed by atoms with Gasteiger partial charge in [0, 0.05) is 12.8 Å². The maximum absolute atomic E-state index is 11.9. The van der Waals surface area contributed by atoms with E-state index in [0.29, 0.717) is 10.7 Å². The summed E-state index contributed by atoms with van der Waals surface area (Å²) in [6, 6.07) is 3.61. The lowest BCUT2D eigenvalue weighted by molar-refractivity contribution is -0.140. The Hall–Kier alpha value is -2.41. The summed E-state index contributed by atoms with van der Waals surface area (Å²) in [5.74, 6) is -1.50. The molecule has 1 aliphatic rings. The van der Waals surface area contributed by atoms with Crippen molar-refractivity contribution in [3.05, 3.63) is 28.3 Å². The first kappa shape index (κ1) is 17.0. The molecule has 122 valence electrons. The van der Waals surface area contributed by atoms with Gasteiger partial charge in [-0.1, -0.05) is 17.7 Å². The molecule has 1 aliphatic heterocycles. The number of nitrogens with one attached hydrogen (secondary N) is 2. The zero-order valence-corrected chi connectivity index (χ0v) is 13.5. The van der Waals surface area contributed by atoms with Gasteiger partial charge in [0.05, 0.1) is 10.7 Å². The Bertz CT molecular complexity index is 677. The van der Waals surface area contributed by atoms with Crippen molar-refractivity contribution in [3.8, 4) is 0 Å². The molecule has 1 aromatic rings. The van der Waals surface area contributed by atoms with Gasteiger partial charge in [-0.2, -0.15) is 5.10 Å². The van der Waals surface area contributed by atoms with Crippen molar-refractivity contribution < 1.29 is 19.1 Å². The Labute approximate surface area is 138 Å². The van der Waals surface area contributed by atoms with Crippen LogP contribution in [0.15, 0.2) is 17.2 Å². The number of carbonyl (C=O) groups is 3. The second-order valence-electron chi connectivity index (χ2n) is 5.16. The van der Waals surface area contributed by atoms with E-state index in [9.17, 15) is 14.4 Å². The molecular weight excluding hydrogens is 322 g/mol. The monoisotopic (exact) mass is 337 g/mol. The predicted octanol–water partition coefficient (Wildman–Crippen LogP) is 1.70. The predicted molar refractivity (Wildman–Crippen MR) is 85.3 cm³/mol. The van der Waals surface area contributed by atoms with E-state index in [0.717, 1.165) is 11.1 Å². The van der Waals surface area contributed by atoms with Crippen molar-refractivity contribution in [3.63, 3.8) is 0 Å². The van der Waals surface area contributed by atoms with Crippen molar-refractivity contribution in [2.45, 2.75) is 26.7 Å². The normalized spacial score (nSPS) is 13.9. The van der Waals surface area contributed by atoms with Gasteiger partial charge in [0.15, 0.2) is 6.61 Å². The Kier molecular flexibility index (Phi) is 5.33. The SMILES string of the molecule is Cc1cc(C)c(NC(=O)COC(=O)C2=NNC(=O)CC2)c(Cl)c1. The van der Waals surface area contributed by atoms with E-state index in [-0.39, 0.29) is 24.5 Å². The first-order chi connectivity index (χ1) is 10.9. The number of hydrogen-bond donors (Lipinski definition) is 2. The molecule has 1 heterocycles. The van der Waals surface area contributed by atoms with E-state index >= 15 is 0 Å². The van der Waals surface area contributed by atoms with Gasteiger partial charge >= 0.3 is 5.97 Å². The first-order valence-corrected chi connectivity index (χ1v) is 7.33. The minimum Gasteiger partial charge on any atom is -0.451 e. The van der Waals surface area contributed by atoms with Gasteiger partial charge in [0.1, 0.15) is 5.71 Å². The Balaban J connectivity index is 1.91. The van der Waals surface area contributed by atoms with Gasteiger partial charge in [-0.05, 0) is 31.0 Å². The van der Waals surface area contributed by atoms with Gasteiger partial charge in [0.2, 0.25) is 5.91 Å². The van der Waals surface area contributed by atoms with Crippen LogP contribution in [0, 0.1) is 13.8 Å². The quantitative estimate of drug-likeness (QED) is 0.817. The summed E-state index contributed by atoms with van der Waals surface area (Å²) in [4.78, 5) is 34.6. The first-order valence-electron chi connectivity index (χ1n) is 6.96. The van der Waals surface area contributed by atoms with E-state index in [1.807, 2.05) is 19.9 Å². The number of nitrogens with zero attached hydrogens (tertiary/aromatic N) is 1. The zero-order chi connectivity index (χ0) is 17.0. The summed E-state index contributed by atoms with van der Waals surface area (Å²) in [5.41, 5.74) is 4.56. The molecule has 0 spiro atoms. The molecule has 8 heteroatoms. The fourth-order valence-electron chi connectivity index (χ4n) is 2.09. The number of halogens is 1. The molecule has 0 fully saturated rings. The Morgan fingerprint density at radius 2 is 2.09 bits per heavy atom. The van der Waals surface area contributed by atoms with Crippen LogP contribution in [-0.2, 0) is 19.1 Å². The van der Waals surface area contributed by atoms with Crippen LogP contribution in [0.5, 0.6) is 0 Å². The summed E-state index contributed by atoms with van der Waals surface area (Å²) < 4.78 is 4.88. The van der Waals surface area contributed by atoms with Crippen LogP contribution in [0.2, 0.25) is 5.02 Å². The number of esters is 1. The summed E-state index contributed by atoms with van der Waals surface area (Å²) in [5, 5.41) is 6.63. The Morgan fingerprint density at radius 1 is 1.35 bits per heavy atom. The molecule has 0 unspecified atom stereocenters. The number of benzene rings is 1. The third-order valence-electron chi connectivity index (χ3n) is 3.17. The van der Waals surface area contributed by atoms with Crippen molar-refractivity contribution in [1.82, 2.24) is 5.43 Å². The van der Waals surface area contributed by atoms with Crippen molar-refractivity contribution in [2.24, 2.45) is 5.10 Å². The number of amides is 2. The van der Waals surface area contributed by atoms with Gasteiger partial charge < -0.3 is 10.1 Å². The van der Waals surface area contributed by atoms with Crippen LogP contribution in [0.1, 0.15) is 24.0 Å². The lowest BCUT2D eigenvalue weighted by Crippen LogP contribution is -2.32. The summed E-state index contributed by atoms with van der Waals surface area (Å²) in [7, 11) is 0. The second kappa shape index (κ2) is 7.23. The minimum atomic E-state index is -0.730. The fourth-order valence-corrected chi connectivity index (χ4v) is 2.45. The molecule has 0 aromatic heterocycles. The van der Waals surface area contributed by atoms with Gasteiger partial charge in [-0.15, -0.1) is 0 Å². The molecule has 0 bridgehead atoms. The van der Waals surface area contributed by atoms with Gasteiger partial charge in [0.25, 0.3) is 5.91 Å². The number of hydrogen-bond acceptors (Lipinski definition) is 5. The largest absolute Gasteiger partial charge is 0.451 e. The maximum atomic E-state index is 11.9. The smallest absolute Gasteiger partial charge is 0.355 e. The minimum absolute atomic E-state index is 0.0851. The lowest BCUT2D eigenvalue weighted by atomic mass is 10.1. The maximum Gasteiger partial charge on any atom is 0.355 e. The highest BCUT2D eigenvalue weighted by Gasteiger charge is 2.20. The number of carbonyl (C=O) groups excluding carboxylic acids is 3. The van der Waals surface area contributed by atoms with E-state index in [2.05, 4.69) is 15.8 Å². The van der Waals surface area contributed by atoms with Crippen molar-refractivity contribution in [1.29, 1.82) is 0 Å². The average molecular weight is 338 g/mol. The fraction of sp³-hybridized carbons (Fsp3) is 0.333. The van der Waals surface area contributed by atoms with Crippen LogP contribution in [0.4, 0.5) is 5.69 Å². The summed E-state index contributed by atoms with van der Waals surface area (Å²) >= 11 is 6.10. The highest BCUT2D eigenvalue weighted by molar-refractivity contribution is 6.37. The molecule has 2 rings (SSSR count).